The number of methoxy groups -OCH3 is 1. The van der Waals surface area contributed by atoms with Crippen LogP contribution >= 0.6 is 0 Å². The molecule has 2 rings (SSSR count). The molecule has 0 unspecified atom stereocenters. The van der Waals surface area contributed by atoms with E-state index in [-0.39, 0.29) is 11.8 Å². The van der Waals surface area contributed by atoms with E-state index in [1.165, 1.54) is 13.2 Å². The van der Waals surface area contributed by atoms with Crippen LogP contribution in [-0.2, 0) is 14.3 Å². The number of esters is 1. The second-order valence-corrected chi connectivity index (χ2v) is 6.86. The van der Waals surface area contributed by atoms with Gasteiger partial charge < -0.3 is 15.0 Å². The number of nitrogens with zero attached hydrogens (tertiary/aromatic N) is 1. The van der Waals surface area contributed by atoms with Crippen molar-refractivity contribution in [3.63, 3.8) is 0 Å². The summed E-state index contributed by atoms with van der Waals surface area (Å²) in [7, 11) is 1.30. The first-order valence-corrected chi connectivity index (χ1v) is 8.65. The standard InChI is InChI=1S/C19H26N2O4/c1-19(2,18(24)21-11-6-4-5-7-12-21)17(23)20-15-10-8-9-14(13-15)16(22)25-3/h8-10,13H,4-7,11-12H2,1-3H3,(H,20,23). The third kappa shape index (κ3) is 4.59. The SMILES string of the molecule is COC(=O)c1cccc(NC(=O)C(C)(C)C(=O)N2CCCCCC2)c1. The van der Waals surface area contributed by atoms with Crippen molar-refractivity contribution < 1.29 is 19.1 Å². The van der Waals surface area contributed by atoms with Crippen LogP contribution in [0.2, 0.25) is 0 Å². The molecular weight excluding hydrogens is 320 g/mol. The number of anilines is 1. The maximum absolute atomic E-state index is 12.8. The fraction of sp³-hybridized carbons (Fsp3) is 0.526. The Morgan fingerprint density at radius 1 is 1.08 bits per heavy atom. The molecular formula is C19H26N2O4. The summed E-state index contributed by atoms with van der Waals surface area (Å²) in [5.41, 5.74) is -0.368. The highest BCUT2D eigenvalue weighted by Gasteiger charge is 2.39. The van der Waals surface area contributed by atoms with Gasteiger partial charge in [-0.2, -0.15) is 0 Å². The number of hydrogen-bond donors (Lipinski definition) is 1. The normalized spacial score (nSPS) is 15.2. The Balaban J connectivity index is 2.10. The van der Waals surface area contributed by atoms with Crippen LogP contribution in [0, 0.1) is 5.41 Å². The Hall–Kier alpha value is -2.37. The van der Waals surface area contributed by atoms with Crippen LogP contribution < -0.4 is 5.32 Å². The smallest absolute Gasteiger partial charge is 0.337 e. The molecule has 136 valence electrons. The van der Waals surface area contributed by atoms with Crippen molar-refractivity contribution in [2.24, 2.45) is 5.41 Å². The number of carbonyl (C=O) groups excluding carboxylic acids is 3. The van der Waals surface area contributed by atoms with E-state index in [1.54, 1.807) is 36.9 Å². The highest BCUT2D eigenvalue weighted by molar-refractivity contribution is 6.10. The van der Waals surface area contributed by atoms with Crippen LogP contribution in [0.15, 0.2) is 24.3 Å². The van der Waals surface area contributed by atoms with E-state index in [4.69, 9.17) is 0 Å². The van der Waals surface area contributed by atoms with Gasteiger partial charge in [-0.1, -0.05) is 18.9 Å². The summed E-state index contributed by atoms with van der Waals surface area (Å²) >= 11 is 0. The topological polar surface area (TPSA) is 75.7 Å². The molecule has 0 bridgehead atoms. The number of ether oxygens (including phenoxy) is 1. The largest absolute Gasteiger partial charge is 0.465 e. The van der Waals surface area contributed by atoms with E-state index in [0.29, 0.717) is 24.3 Å². The molecule has 0 radical (unpaired) electrons. The van der Waals surface area contributed by atoms with Crippen LogP contribution in [-0.4, -0.2) is 42.9 Å². The van der Waals surface area contributed by atoms with E-state index in [1.807, 2.05) is 0 Å². The van der Waals surface area contributed by atoms with Crippen molar-refractivity contribution >= 4 is 23.5 Å². The van der Waals surface area contributed by atoms with Gasteiger partial charge in [0, 0.05) is 18.8 Å². The van der Waals surface area contributed by atoms with Crippen LogP contribution in [0.4, 0.5) is 5.69 Å². The molecule has 2 amide bonds. The molecule has 0 aliphatic carbocycles. The van der Waals surface area contributed by atoms with Gasteiger partial charge in [0.25, 0.3) is 0 Å². The average molecular weight is 346 g/mol. The Labute approximate surface area is 148 Å². The van der Waals surface area contributed by atoms with Crippen molar-refractivity contribution in [1.82, 2.24) is 4.90 Å². The molecule has 6 heteroatoms. The van der Waals surface area contributed by atoms with Crippen molar-refractivity contribution in [3.05, 3.63) is 29.8 Å². The summed E-state index contributed by atoms with van der Waals surface area (Å²) in [5, 5.41) is 2.74. The third-order valence-corrected chi connectivity index (χ3v) is 4.54. The molecule has 25 heavy (non-hydrogen) atoms. The number of hydrogen-bond acceptors (Lipinski definition) is 4. The van der Waals surface area contributed by atoms with Gasteiger partial charge in [-0.15, -0.1) is 0 Å². The summed E-state index contributed by atoms with van der Waals surface area (Å²) in [6.07, 6.45) is 4.20. The van der Waals surface area contributed by atoms with Gasteiger partial charge in [-0.3, -0.25) is 9.59 Å². The first-order valence-electron chi connectivity index (χ1n) is 8.65. The van der Waals surface area contributed by atoms with Gasteiger partial charge in [0.1, 0.15) is 5.41 Å². The summed E-state index contributed by atoms with van der Waals surface area (Å²) in [6, 6.07) is 6.48. The maximum atomic E-state index is 12.8. The Kier molecular flexibility index (Phi) is 6.17. The van der Waals surface area contributed by atoms with Crippen molar-refractivity contribution in [2.75, 3.05) is 25.5 Å². The zero-order valence-electron chi connectivity index (χ0n) is 15.1. The molecule has 0 atom stereocenters. The Morgan fingerprint density at radius 3 is 2.32 bits per heavy atom. The molecule has 0 spiro atoms. The number of carbonyl (C=O) groups is 3. The second kappa shape index (κ2) is 8.14. The molecule has 1 fully saturated rings. The van der Waals surface area contributed by atoms with E-state index in [2.05, 4.69) is 10.1 Å². The summed E-state index contributed by atoms with van der Waals surface area (Å²) in [5.74, 6) is -1.02. The predicted molar refractivity (Wildman–Crippen MR) is 95.2 cm³/mol. The lowest BCUT2D eigenvalue weighted by molar-refractivity contribution is -0.146. The molecule has 0 saturated carbocycles. The monoisotopic (exact) mass is 346 g/mol. The summed E-state index contributed by atoms with van der Waals surface area (Å²) < 4.78 is 4.68. The molecule has 1 heterocycles. The Bertz CT molecular complexity index is 647. The lowest BCUT2D eigenvalue weighted by atomic mass is 9.90. The van der Waals surface area contributed by atoms with Gasteiger partial charge >= 0.3 is 5.97 Å². The van der Waals surface area contributed by atoms with Crippen LogP contribution in [0.5, 0.6) is 0 Å². The molecule has 1 aromatic carbocycles. The minimum Gasteiger partial charge on any atom is -0.465 e. The van der Waals surface area contributed by atoms with E-state index >= 15 is 0 Å². The highest BCUT2D eigenvalue weighted by atomic mass is 16.5. The van der Waals surface area contributed by atoms with Crippen LogP contribution in [0.25, 0.3) is 0 Å². The summed E-state index contributed by atoms with van der Waals surface area (Å²) in [4.78, 5) is 38.9. The number of benzene rings is 1. The zero-order valence-corrected chi connectivity index (χ0v) is 15.1. The minimum atomic E-state index is -1.17. The molecule has 0 aromatic heterocycles. The highest BCUT2D eigenvalue weighted by Crippen LogP contribution is 2.24. The average Bonchev–Trinajstić information content (AvgIpc) is 2.89. The van der Waals surface area contributed by atoms with Gasteiger partial charge in [0.05, 0.1) is 12.7 Å². The van der Waals surface area contributed by atoms with Crippen molar-refractivity contribution in [2.45, 2.75) is 39.5 Å². The number of nitrogens with one attached hydrogen (secondary N) is 1. The van der Waals surface area contributed by atoms with Crippen molar-refractivity contribution in [1.29, 1.82) is 0 Å². The minimum absolute atomic E-state index is 0.156. The summed E-state index contributed by atoms with van der Waals surface area (Å²) in [6.45, 7) is 4.68. The molecule has 1 aliphatic heterocycles. The first-order chi connectivity index (χ1) is 11.9. The number of amides is 2. The van der Waals surface area contributed by atoms with Gasteiger partial charge in [0.2, 0.25) is 11.8 Å². The number of likely N-dealkylation sites (tertiary alicyclic amines) is 1. The fourth-order valence-electron chi connectivity index (χ4n) is 2.90. The predicted octanol–water partition coefficient (Wildman–Crippen LogP) is 2.84. The van der Waals surface area contributed by atoms with Crippen molar-refractivity contribution in [3.8, 4) is 0 Å². The first kappa shape index (κ1) is 19.0. The van der Waals surface area contributed by atoms with Gasteiger partial charge in [-0.05, 0) is 44.9 Å². The Morgan fingerprint density at radius 2 is 1.72 bits per heavy atom. The third-order valence-electron chi connectivity index (χ3n) is 4.54. The van der Waals surface area contributed by atoms with Crippen LogP contribution in [0.1, 0.15) is 49.9 Å². The maximum Gasteiger partial charge on any atom is 0.337 e. The lowest BCUT2D eigenvalue weighted by Crippen LogP contribution is -2.47. The quantitative estimate of drug-likeness (QED) is 0.672. The van der Waals surface area contributed by atoms with E-state index < -0.39 is 11.4 Å². The lowest BCUT2D eigenvalue weighted by Gasteiger charge is -2.30. The number of rotatable bonds is 4. The molecule has 1 aliphatic rings. The van der Waals surface area contributed by atoms with E-state index in [0.717, 1.165) is 25.7 Å². The fourth-order valence-corrected chi connectivity index (χ4v) is 2.90. The molecule has 1 saturated heterocycles. The molecule has 1 N–H and O–H groups in total. The second-order valence-electron chi connectivity index (χ2n) is 6.86. The zero-order chi connectivity index (χ0) is 18.4. The molecule has 6 nitrogen and oxygen atoms in total. The van der Waals surface area contributed by atoms with E-state index in [9.17, 15) is 14.4 Å². The van der Waals surface area contributed by atoms with Gasteiger partial charge in [-0.25, -0.2) is 4.79 Å². The molecule has 1 aromatic rings. The van der Waals surface area contributed by atoms with Gasteiger partial charge in [0.15, 0.2) is 0 Å². The van der Waals surface area contributed by atoms with Crippen LogP contribution in [0.3, 0.4) is 0 Å².